The van der Waals surface area contributed by atoms with E-state index in [1.807, 2.05) is 6.07 Å². The molecule has 3 aromatic rings. The van der Waals surface area contributed by atoms with E-state index in [9.17, 15) is 24.0 Å². The molecule has 0 spiro atoms. The van der Waals surface area contributed by atoms with E-state index in [-0.39, 0.29) is 43.1 Å². The smallest absolute Gasteiger partial charge is 0.274 e. The van der Waals surface area contributed by atoms with Crippen molar-refractivity contribution in [2.24, 2.45) is 5.92 Å². The van der Waals surface area contributed by atoms with Crippen molar-refractivity contribution in [1.82, 2.24) is 15.6 Å². The molecule has 1 aromatic heterocycles. The van der Waals surface area contributed by atoms with Crippen molar-refractivity contribution < 1.29 is 43.3 Å². The molecule has 0 radical (unpaired) electrons. The molecular formula is C34H37N5O9. The van der Waals surface area contributed by atoms with E-state index in [0.717, 1.165) is 10.9 Å². The molecule has 2 aliphatic rings. The monoisotopic (exact) mass is 659 g/mol. The number of ketones is 1. The Balaban J connectivity index is 1.08. The fourth-order valence-corrected chi connectivity index (χ4v) is 5.29. The van der Waals surface area contributed by atoms with Gasteiger partial charge in [0.2, 0.25) is 17.7 Å². The second kappa shape index (κ2) is 16.7. The maximum Gasteiger partial charge on any atom is 0.274 e. The Morgan fingerprint density at radius 2 is 1.71 bits per heavy atom. The van der Waals surface area contributed by atoms with Crippen LogP contribution in [-0.4, -0.2) is 92.4 Å². The van der Waals surface area contributed by atoms with Gasteiger partial charge in [0, 0.05) is 47.3 Å². The Kier molecular flexibility index (Phi) is 11.9. The van der Waals surface area contributed by atoms with Crippen LogP contribution < -0.4 is 21.3 Å². The van der Waals surface area contributed by atoms with Gasteiger partial charge in [0.25, 0.3) is 5.91 Å². The molecular weight excluding hydrogens is 622 g/mol. The molecule has 5 rings (SSSR count). The highest BCUT2D eigenvalue weighted by atomic mass is 16.6. The van der Waals surface area contributed by atoms with Gasteiger partial charge in [-0.25, -0.2) is 4.98 Å². The van der Waals surface area contributed by atoms with Crippen molar-refractivity contribution >= 4 is 51.7 Å². The molecule has 0 saturated carbocycles. The summed E-state index contributed by atoms with van der Waals surface area (Å²) in [5, 5.41) is 20.2. The van der Waals surface area contributed by atoms with Crippen LogP contribution in [0.1, 0.15) is 39.3 Å². The minimum atomic E-state index is -0.529. The summed E-state index contributed by atoms with van der Waals surface area (Å²) in [6.45, 7) is 1.87. The molecule has 1 aliphatic carbocycles. The maximum atomic E-state index is 13.1. The number of aliphatic hydroxyl groups excluding tert-OH is 1. The van der Waals surface area contributed by atoms with E-state index in [4.69, 9.17) is 19.3 Å². The summed E-state index contributed by atoms with van der Waals surface area (Å²) in [4.78, 5) is 66.4. The lowest BCUT2D eigenvalue weighted by Crippen LogP contribution is -2.40. The van der Waals surface area contributed by atoms with E-state index in [1.54, 1.807) is 48.5 Å². The number of Topliss-reactive ketones (excluding diaryl/α,β-unsaturated/α-hetero) is 1. The standard InChI is InChI=1S/C34H37N5O9/c40-20-48-14-13-47-12-11-46-10-9-35-31(42)19-36-25-5-7-28-22(17-25)2-6-29(38-28)34(45)37-26-4-1-21-15-24(32(43)27(21)18-26)16-23-3-8-30(41)39-33(23)44/h1-2,4-7,16-18,23,36,40H,3,8-15,19-20H2,(H,35,42)(H,37,45)(H,39,41,44)/b24-16-. The number of nitrogens with zero attached hydrogens (tertiary/aromatic N) is 1. The number of aromatic nitrogens is 1. The van der Waals surface area contributed by atoms with Crippen LogP contribution >= 0.6 is 0 Å². The highest BCUT2D eigenvalue weighted by molar-refractivity contribution is 6.14. The number of anilines is 2. The second-order valence-corrected chi connectivity index (χ2v) is 11.2. The summed E-state index contributed by atoms with van der Waals surface area (Å²) in [6.07, 6.45) is 2.63. The molecule has 48 heavy (non-hydrogen) atoms. The molecule has 1 atom stereocenters. The van der Waals surface area contributed by atoms with Gasteiger partial charge < -0.3 is 35.3 Å². The van der Waals surface area contributed by atoms with Crippen molar-refractivity contribution in [2.45, 2.75) is 19.3 Å². The Morgan fingerprint density at radius 3 is 2.50 bits per heavy atom. The molecule has 14 nitrogen and oxygen atoms in total. The number of allylic oxidation sites excluding steroid dienone is 1. The quantitative estimate of drug-likeness (QED) is 0.0651. The molecule has 0 bridgehead atoms. The zero-order valence-electron chi connectivity index (χ0n) is 26.2. The van der Waals surface area contributed by atoms with Crippen LogP contribution in [0, 0.1) is 5.92 Å². The number of rotatable bonds is 16. The molecule has 1 saturated heterocycles. The first-order chi connectivity index (χ1) is 23.3. The van der Waals surface area contributed by atoms with Crippen LogP contribution in [0.3, 0.4) is 0 Å². The van der Waals surface area contributed by atoms with Crippen LogP contribution in [0.2, 0.25) is 0 Å². The Morgan fingerprint density at radius 1 is 0.938 bits per heavy atom. The molecule has 2 aromatic carbocycles. The number of pyridine rings is 1. The van der Waals surface area contributed by atoms with Gasteiger partial charge in [0.1, 0.15) is 12.5 Å². The minimum absolute atomic E-state index is 0.0604. The van der Waals surface area contributed by atoms with Crippen LogP contribution in [-0.2, 0) is 35.0 Å². The maximum absolute atomic E-state index is 13.1. The number of hydrogen-bond acceptors (Lipinski definition) is 11. The summed E-state index contributed by atoms with van der Waals surface area (Å²) in [6, 6.07) is 13.8. The van der Waals surface area contributed by atoms with Gasteiger partial charge in [-0.3, -0.25) is 29.3 Å². The lowest BCUT2D eigenvalue weighted by atomic mass is 9.94. The van der Waals surface area contributed by atoms with Crippen LogP contribution in [0.5, 0.6) is 0 Å². The van der Waals surface area contributed by atoms with Crippen LogP contribution in [0.15, 0.2) is 60.2 Å². The predicted molar refractivity (Wildman–Crippen MR) is 174 cm³/mol. The SMILES string of the molecule is O=C(CNc1ccc2nc(C(=O)Nc3ccc4c(c3)C(=O)/C(=C\C3CCC(=O)NC3=O)C4)ccc2c1)NCCOCCOCCOCO. The molecule has 4 amide bonds. The first-order valence-corrected chi connectivity index (χ1v) is 15.6. The predicted octanol–water partition coefficient (Wildman–Crippen LogP) is 1.73. The van der Waals surface area contributed by atoms with E-state index >= 15 is 0 Å². The van der Waals surface area contributed by atoms with Gasteiger partial charge in [0.15, 0.2) is 5.78 Å². The first-order valence-electron chi connectivity index (χ1n) is 15.6. The number of carbonyl (C=O) groups excluding carboxylic acids is 5. The number of fused-ring (bicyclic) bond motifs is 2. The number of piperidine rings is 1. The molecule has 5 N–H and O–H groups in total. The molecule has 1 fully saturated rings. The van der Waals surface area contributed by atoms with Gasteiger partial charge in [-0.1, -0.05) is 18.2 Å². The van der Waals surface area contributed by atoms with E-state index < -0.39 is 17.7 Å². The molecule has 1 aliphatic heterocycles. The van der Waals surface area contributed by atoms with Crippen molar-refractivity contribution in [2.75, 3.05) is 63.6 Å². The highest BCUT2D eigenvalue weighted by Gasteiger charge is 2.30. The number of imide groups is 1. The van der Waals surface area contributed by atoms with Crippen LogP contribution in [0.25, 0.3) is 10.9 Å². The normalized spacial score (nSPS) is 16.6. The van der Waals surface area contributed by atoms with Gasteiger partial charge in [0.05, 0.1) is 51.0 Å². The number of carbonyl (C=O) groups is 5. The Bertz CT molecular complexity index is 1720. The fraction of sp³-hybridized carbons (Fsp3) is 0.353. The largest absolute Gasteiger partial charge is 0.377 e. The number of hydrogen-bond donors (Lipinski definition) is 5. The molecule has 14 heteroatoms. The van der Waals surface area contributed by atoms with Crippen molar-refractivity contribution in [1.29, 1.82) is 0 Å². The minimum Gasteiger partial charge on any atom is -0.377 e. The summed E-state index contributed by atoms with van der Waals surface area (Å²) in [7, 11) is 0. The highest BCUT2D eigenvalue weighted by Crippen LogP contribution is 2.31. The third kappa shape index (κ3) is 9.29. The van der Waals surface area contributed by atoms with E-state index in [0.29, 0.717) is 80.4 Å². The molecule has 252 valence electrons. The van der Waals surface area contributed by atoms with Gasteiger partial charge in [-0.2, -0.15) is 0 Å². The summed E-state index contributed by atoms with van der Waals surface area (Å²) in [5.41, 5.74) is 3.70. The number of benzene rings is 2. The molecule has 1 unspecified atom stereocenters. The van der Waals surface area contributed by atoms with Crippen LogP contribution in [0.4, 0.5) is 11.4 Å². The zero-order valence-corrected chi connectivity index (χ0v) is 26.2. The Labute approximate surface area is 276 Å². The average Bonchev–Trinajstić information content (AvgIpc) is 3.39. The van der Waals surface area contributed by atoms with Gasteiger partial charge >= 0.3 is 0 Å². The topological polar surface area (TPSA) is 194 Å². The van der Waals surface area contributed by atoms with Crippen molar-refractivity contribution in [3.05, 3.63) is 77.0 Å². The van der Waals surface area contributed by atoms with E-state index in [1.165, 1.54) is 0 Å². The summed E-state index contributed by atoms with van der Waals surface area (Å²) < 4.78 is 15.4. The van der Waals surface area contributed by atoms with Crippen molar-refractivity contribution in [3.63, 3.8) is 0 Å². The summed E-state index contributed by atoms with van der Waals surface area (Å²) >= 11 is 0. The number of aliphatic hydroxyl groups is 1. The third-order valence-electron chi connectivity index (χ3n) is 7.75. The van der Waals surface area contributed by atoms with Gasteiger partial charge in [-0.15, -0.1) is 0 Å². The summed E-state index contributed by atoms with van der Waals surface area (Å²) in [5.74, 6) is -2.07. The lowest BCUT2D eigenvalue weighted by Gasteiger charge is -2.18. The molecule has 2 heterocycles. The Hall–Kier alpha value is -5.02. The van der Waals surface area contributed by atoms with E-state index in [2.05, 4.69) is 26.3 Å². The lowest BCUT2D eigenvalue weighted by molar-refractivity contribution is -0.135. The fourth-order valence-electron chi connectivity index (χ4n) is 5.29. The number of ether oxygens (including phenoxy) is 3. The second-order valence-electron chi connectivity index (χ2n) is 11.2. The number of nitrogens with one attached hydrogen (secondary N) is 4. The first kappa shape index (κ1) is 34.3. The zero-order chi connectivity index (χ0) is 33.9. The van der Waals surface area contributed by atoms with Gasteiger partial charge in [-0.05, 0) is 48.4 Å². The number of amides is 4. The third-order valence-corrected chi connectivity index (χ3v) is 7.75. The van der Waals surface area contributed by atoms with Crippen molar-refractivity contribution in [3.8, 4) is 0 Å². The average molecular weight is 660 g/mol.